The largest absolute Gasteiger partial charge is 0.497 e. The summed E-state index contributed by atoms with van der Waals surface area (Å²) in [5.41, 5.74) is 1.83. The van der Waals surface area contributed by atoms with E-state index >= 15 is 0 Å². The van der Waals surface area contributed by atoms with Crippen LogP contribution in [0.2, 0.25) is 10.0 Å². The van der Waals surface area contributed by atoms with E-state index in [4.69, 9.17) is 27.9 Å². The Labute approximate surface area is 137 Å². The minimum atomic E-state index is 0.0567. The molecule has 0 radical (unpaired) electrons. The predicted octanol–water partition coefficient (Wildman–Crippen LogP) is 5.94. The summed E-state index contributed by atoms with van der Waals surface area (Å²) in [4.78, 5) is 0. The summed E-state index contributed by atoms with van der Waals surface area (Å²) < 4.78 is 6.09. The van der Waals surface area contributed by atoms with Crippen LogP contribution in [0.4, 0.5) is 5.69 Å². The third-order valence-corrected chi connectivity index (χ3v) is 4.02. The van der Waals surface area contributed by atoms with E-state index in [9.17, 15) is 0 Å². The molecule has 0 amide bonds. The minimum Gasteiger partial charge on any atom is -0.497 e. The van der Waals surface area contributed by atoms with E-state index < -0.39 is 0 Å². The van der Waals surface area contributed by atoms with E-state index in [0.717, 1.165) is 21.5 Å². The molecule has 0 aliphatic carbocycles. The Morgan fingerprint density at radius 2 is 1.80 bits per heavy atom. The van der Waals surface area contributed by atoms with Crippen LogP contribution < -0.4 is 10.1 Å². The Morgan fingerprint density at radius 3 is 2.40 bits per heavy atom. The van der Waals surface area contributed by atoms with Crippen molar-refractivity contribution in [2.75, 3.05) is 12.4 Å². The highest BCUT2D eigenvalue weighted by Crippen LogP contribution is 2.36. The van der Waals surface area contributed by atoms with Crippen LogP contribution in [0.15, 0.2) is 40.9 Å². The topological polar surface area (TPSA) is 21.3 Å². The molecule has 0 aliphatic heterocycles. The van der Waals surface area contributed by atoms with E-state index in [1.54, 1.807) is 7.11 Å². The first kappa shape index (κ1) is 15.5. The molecule has 2 aromatic carbocycles. The molecule has 20 heavy (non-hydrogen) atoms. The molecule has 0 fully saturated rings. The number of benzene rings is 2. The normalized spacial score (nSPS) is 12.1. The highest BCUT2D eigenvalue weighted by Gasteiger charge is 2.12. The Morgan fingerprint density at radius 1 is 1.15 bits per heavy atom. The molecule has 1 N–H and O–H groups in total. The maximum atomic E-state index is 6.22. The van der Waals surface area contributed by atoms with Gasteiger partial charge in [-0.3, -0.25) is 0 Å². The Balaban J connectivity index is 2.25. The van der Waals surface area contributed by atoms with Crippen molar-refractivity contribution in [2.24, 2.45) is 0 Å². The number of ether oxygens (including phenoxy) is 1. The molecule has 0 aromatic heterocycles. The highest BCUT2D eigenvalue weighted by molar-refractivity contribution is 9.10. The molecule has 0 saturated heterocycles. The van der Waals surface area contributed by atoms with Gasteiger partial charge in [-0.2, -0.15) is 0 Å². The average molecular weight is 375 g/mol. The summed E-state index contributed by atoms with van der Waals surface area (Å²) in [6, 6.07) is 11.6. The second kappa shape index (κ2) is 6.70. The summed E-state index contributed by atoms with van der Waals surface area (Å²) in [5, 5.41) is 4.50. The van der Waals surface area contributed by atoms with Gasteiger partial charge < -0.3 is 10.1 Å². The molecular formula is C15H14BrCl2NO. The summed E-state index contributed by atoms with van der Waals surface area (Å²) in [6.45, 7) is 2.05. The second-order valence-corrected chi connectivity index (χ2v) is 6.12. The van der Waals surface area contributed by atoms with Crippen LogP contribution in [-0.4, -0.2) is 7.11 Å². The first-order chi connectivity index (χ1) is 9.51. The fourth-order valence-corrected chi connectivity index (χ4v) is 3.21. The van der Waals surface area contributed by atoms with Crippen molar-refractivity contribution >= 4 is 44.8 Å². The van der Waals surface area contributed by atoms with E-state index in [-0.39, 0.29) is 6.04 Å². The zero-order valence-electron chi connectivity index (χ0n) is 11.1. The Kier molecular flexibility index (Phi) is 5.19. The van der Waals surface area contributed by atoms with Crippen molar-refractivity contribution < 1.29 is 4.74 Å². The van der Waals surface area contributed by atoms with Gasteiger partial charge >= 0.3 is 0 Å². The van der Waals surface area contributed by atoms with Crippen molar-refractivity contribution in [3.05, 3.63) is 56.5 Å². The highest BCUT2D eigenvalue weighted by atomic mass is 79.9. The lowest BCUT2D eigenvalue weighted by Gasteiger charge is -2.18. The number of anilines is 1. The molecule has 0 aliphatic rings. The molecule has 0 spiro atoms. The lowest BCUT2D eigenvalue weighted by atomic mass is 10.1. The van der Waals surface area contributed by atoms with Crippen LogP contribution in [-0.2, 0) is 0 Å². The molecule has 0 saturated carbocycles. The number of nitrogens with one attached hydrogen (secondary N) is 1. The molecule has 2 rings (SSSR count). The van der Waals surface area contributed by atoms with Crippen LogP contribution in [0, 0.1) is 0 Å². The van der Waals surface area contributed by atoms with Crippen LogP contribution in [0.1, 0.15) is 18.5 Å². The third kappa shape index (κ3) is 3.60. The number of halogens is 3. The fraction of sp³-hybridized carbons (Fsp3) is 0.200. The van der Waals surface area contributed by atoms with Crippen LogP contribution in [0.25, 0.3) is 0 Å². The number of rotatable bonds is 4. The van der Waals surface area contributed by atoms with Gasteiger partial charge in [0.2, 0.25) is 0 Å². The standard InChI is InChI=1S/C15H14BrCl2NO/c1-9(10-4-3-5-12(6-10)20-2)19-15-13(17)7-11(16)8-14(15)18/h3-9,19H,1-2H3. The van der Waals surface area contributed by atoms with E-state index in [1.807, 2.05) is 43.3 Å². The van der Waals surface area contributed by atoms with Gasteiger partial charge in [0, 0.05) is 10.5 Å². The van der Waals surface area contributed by atoms with Gasteiger partial charge in [0.25, 0.3) is 0 Å². The lowest BCUT2D eigenvalue weighted by molar-refractivity contribution is 0.414. The summed E-state index contributed by atoms with van der Waals surface area (Å²) in [5.74, 6) is 0.823. The molecule has 2 aromatic rings. The van der Waals surface area contributed by atoms with Crippen LogP contribution in [0.5, 0.6) is 5.75 Å². The van der Waals surface area contributed by atoms with Gasteiger partial charge in [0.1, 0.15) is 5.75 Å². The first-order valence-electron chi connectivity index (χ1n) is 6.06. The molecule has 5 heteroatoms. The molecule has 2 nitrogen and oxygen atoms in total. The number of hydrogen-bond acceptors (Lipinski definition) is 2. The molecular weight excluding hydrogens is 361 g/mol. The SMILES string of the molecule is COc1cccc(C(C)Nc2c(Cl)cc(Br)cc2Cl)c1. The number of hydrogen-bond donors (Lipinski definition) is 1. The lowest BCUT2D eigenvalue weighted by Crippen LogP contribution is -2.07. The van der Waals surface area contributed by atoms with E-state index in [2.05, 4.69) is 21.2 Å². The quantitative estimate of drug-likeness (QED) is 0.715. The Hall–Kier alpha value is -0.900. The van der Waals surface area contributed by atoms with Gasteiger partial charge in [-0.1, -0.05) is 51.3 Å². The molecule has 0 heterocycles. The van der Waals surface area contributed by atoms with E-state index in [1.165, 1.54) is 0 Å². The van der Waals surface area contributed by atoms with Crippen molar-refractivity contribution in [2.45, 2.75) is 13.0 Å². The van der Waals surface area contributed by atoms with Crippen molar-refractivity contribution in [3.8, 4) is 5.75 Å². The van der Waals surface area contributed by atoms with E-state index in [0.29, 0.717) is 10.0 Å². The van der Waals surface area contributed by atoms with Crippen molar-refractivity contribution in [1.82, 2.24) is 0 Å². The molecule has 106 valence electrons. The Bertz CT molecular complexity index is 596. The average Bonchev–Trinajstić information content (AvgIpc) is 2.42. The second-order valence-electron chi connectivity index (χ2n) is 4.39. The molecule has 1 unspecified atom stereocenters. The summed E-state index contributed by atoms with van der Waals surface area (Å²) in [6.07, 6.45) is 0. The zero-order chi connectivity index (χ0) is 14.7. The third-order valence-electron chi connectivity index (χ3n) is 2.96. The molecule has 0 bridgehead atoms. The zero-order valence-corrected chi connectivity index (χ0v) is 14.2. The predicted molar refractivity (Wildman–Crippen MR) is 89.2 cm³/mol. The smallest absolute Gasteiger partial charge is 0.119 e. The molecule has 1 atom stereocenters. The maximum absolute atomic E-state index is 6.22. The van der Waals surface area contributed by atoms with Crippen molar-refractivity contribution in [3.63, 3.8) is 0 Å². The minimum absolute atomic E-state index is 0.0567. The maximum Gasteiger partial charge on any atom is 0.119 e. The van der Waals surface area contributed by atoms with Crippen LogP contribution >= 0.6 is 39.1 Å². The number of methoxy groups -OCH3 is 1. The first-order valence-corrected chi connectivity index (χ1v) is 7.61. The van der Waals surface area contributed by atoms with Gasteiger partial charge in [0.15, 0.2) is 0 Å². The van der Waals surface area contributed by atoms with Gasteiger partial charge in [-0.15, -0.1) is 0 Å². The van der Waals surface area contributed by atoms with Crippen LogP contribution in [0.3, 0.4) is 0 Å². The monoisotopic (exact) mass is 373 g/mol. The summed E-state index contributed by atoms with van der Waals surface area (Å²) in [7, 11) is 1.65. The fourth-order valence-electron chi connectivity index (χ4n) is 1.89. The van der Waals surface area contributed by atoms with Gasteiger partial charge in [-0.25, -0.2) is 0 Å². The van der Waals surface area contributed by atoms with Crippen molar-refractivity contribution in [1.29, 1.82) is 0 Å². The summed E-state index contributed by atoms with van der Waals surface area (Å²) >= 11 is 15.8. The van der Waals surface area contributed by atoms with Gasteiger partial charge in [0.05, 0.1) is 22.8 Å². The van der Waals surface area contributed by atoms with Gasteiger partial charge in [-0.05, 0) is 36.8 Å².